The summed E-state index contributed by atoms with van der Waals surface area (Å²) < 4.78 is 97.0. The third-order valence-electron chi connectivity index (χ3n) is 25.9. The van der Waals surface area contributed by atoms with Crippen molar-refractivity contribution < 1.29 is 101 Å². The molecule has 6 atom stereocenters. The highest BCUT2D eigenvalue weighted by molar-refractivity contribution is 7.87. The number of rotatable bonds is 41. The number of methoxy groups -OCH3 is 2. The topological polar surface area (TPSA) is 466 Å². The summed E-state index contributed by atoms with van der Waals surface area (Å²) in [4.78, 5) is 107. The van der Waals surface area contributed by atoms with Crippen LogP contribution in [-0.2, 0) is 76.6 Å². The summed E-state index contributed by atoms with van der Waals surface area (Å²) >= 11 is 6.04. The fourth-order valence-corrected chi connectivity index (χ4v) is 20.6. The number of benzene rings is 8. The monoisotopic (exact) mass is 2130 g/mol. The van der Waals surface area contributed by atoms with Gasteiger partial charge < -0.3 is 84.5 Å². The van der Waals surface area contributed by atoms with Gasteiger partial charge in [0.15, 0.2) is 50.6 Å². The molecular formula is C109H134ClF2N15O19S3. The Morgan fingerprint density at radius 3 is 1.07 bits per heavy atom. The quantitative estimate of drug-likeness (QED) is 0.0194. The maximum Gasteiger partial charge on any atom is 0.374 e. The van der Waals surface area contributed by atoms with Crippen LogP contribution in [0.2, 0.25) is 5.02 Å². The lowest BCUT2D eigenvalue weighted by Gasteiger charge is -2.36. The van der Waals surface area contributed by atoms with E-state index in [1.807, 2.05) is 108 Å². The summed E-state index contributed by atoms with van der Waals surface area (Å²) in [6.45, 7) is 22.0. The Hall–Kier alpha value is -13.5. The Balaban J connectivity index is 0.000000226. The van der Waals surface area contributed by atoms with Gasteiger partial charge in [0.2, 0.25) is 10.9 Å². The summed E-state index contributed by atoms with van der Waals surface area (Å²) in [5, 5.41) is 45.4. The van der Waals surface area contributed by atoms with Crippen molar-refractivity contribution in [3.8, 4) is 22.8 Å². The lowest BCUT2D eigenvalue weighted by Crippen LogP contribution is -2.46. The van der Waals surface area contributed by atoms with Crippen molar-refractivity contribution in [2.24, 2.45) is 0 Å². The molecule has 0 radical (unpaired) electrons. The van der Waals surface area contributed by atoms with E-state index in [0.29, 0.717) is 116 Å². The smallest absolute Gasteiger partial charge is 0.374 e. The number of amides is 6. The van der Waals surface area contributed by atoms with E-state index in [1.165, 1.54) is 50.6 Å². The molecule has 12 N–H and O–H groups in total. The fourth-order valence-electron chi connectivity index (χ4n) is 17.8. The molecular weight excluding hydrogens is 1990 g/mol. The van der Waals surface area contributed by atoms with Crippen LogP contribution in [0.1, 0.15) is 242 Å². The number of hydrogen-bond acceptors (Lipinski definition) is 19. The number of fused-ring (bicyclic) bond motifs is 3. The number of halogens is 3. The Morgan fingerprint density at radius 1 is 0.416 bits per heavy atom. The summed E-state index contributed by atoms with van der Waals surface area (Å²) in [6.07, 6.45) is 12.5. The van der Waals surface area contributed by atoms with Crippen LogP contribution in [0.25, 0.3) is 17.1 Å². The van der Waals surface area contributed by atoms with Gasteiger partial charge in [0.25, 0.3) is 35.4 Å². The van der Waals surface area contributed by atoms with Gasteiger partial charge in [0, 0.05) is 98.1 Å². The van der Waals surface area contributed by atoms with Crippen molar-refractivity contribution in [3.63, 3.8) is 0 Å². The first-order valence-corrected chi connectivity index (χ1v) is 53.3. The highest BCUT2D eigenvalue weighted by Crippen LogP contribution is 2.37. The molecule has 8 aromatic carbocycles. The molecule has 3 aliphatic heterocycles. The van der Waals surface area contributed by atoms with Crippen LogP contribution in [0.4, 0.5) is 25.8 Å². The third kappa shape index (κ3) is 28.6. The molecule has 6 amide bonds. The molecule has 40 heteroatoms. The molecule has 0 spiro atoms. The van der Waals surface area contributed by atoms with E-state index in [9.17, 15) is 70.3 Å². The van der Waals surface area contributed by atoms with Crippen molar-refractivity contribution in [1.29, 1.82) is 0 Å². The highest BCUT2D eigenvalue weighted by atomic mass is 35.5. The number of aromatic nitrogens is 6. The molecule has 149 heavy (non-hydrogen) atoms. The number of esters is 1. The maximum absolute atomic E-state index is 14.5. The van der Waals surface area contributed by atoms with Gasteiger partial charge in [0.05, 0.1) is 95.7 Å². The Bertz CT molecular complexity index is 6710. The second-order valence-corrected chi connectivity index (χ2v) is 40.2. The molecule has 7 heterocycles. The molecule has 0 bridgehead atoms. The second-order valence-electron chi connectivity index (χ2n) is 36.3. The number of carbonyl (C=O) groups excluding carboxylic acids is 7. The normalized spacial score (nSPS) is 14.4. The standard InChI is InChI=1S/C37H44FN5O5S.C36H41ClFN5O4S.C36H43N5O7S.3H2O/c1-5-7-17-41(18-8-6-2)37(46)33-19-25(3)43(39-33)34-15-13-28(40-49(47)30-14-16-35(48-4)32(38)22-30)21-31(34)36(45)42-23-27-12-10-9-11-26(27)20-29(42)24-44;1-4-6-16-41(17-7-5-2)36(46)32-18-24(3)43(39-32)33-15-13-28(40-48(47)34-20-27(37)12-14-31(34)38)21-30(33)35(45)42-22-26-11-9-8-10-25(26)19-29(42)23-44;1-5-7-17-39(18-8-6-2)35(44)30-19-24(3)41(37-30)31-14-13-27(38-49(46)33-16-15-32(48-33)36(45)47-4)21-29(31)34(43)40-22-26-12-10-9-11-25(26)20-28(40)23-42;;;/h9-16,19,21-22,29,40,44H,5-8,17-18,20,23-24H2,1-4H3;8-15,18,20-21,29,40,44H,4-7,16-17,19,22-23H2,1-3H3;9-16,19,21,28,38,42H,5-8,17-18,20,22-23H2,1-4H3;3*1H2/t29-,49?;29-,48?;28-,49?;;;/m000.../s1. The lowest BCUT2D eigenvalue weighted by atomic mass is 9.93. The summed E-state index contributed by atoms with van der Waals surface area (Å²) in [7, 11) is -3.26. The number of hydrogen-bond donors (Lipinski definition) is 6. The molecule has 0 saturated carbocycles. The number of furan rings is 1. The second kappa shape index (κ2) is 55.7. The van der Waals surface area contributed by atoms with E-state index in [-0.39, 0.29) is 150 Å². The van der Waals surface area contributed by atoms with Crippen molar-refractivity contribution in [3.05, 3.63) is 301 Å². The van der Waals surface area contributed by atoms with Crippen molar-refractivity contribution in [1.82, 2.24) is 58.7 Å². The van der Waals surface area contributed by atoms with Gasteiger partial charge in [-0.1, -0.05) is 164 Å². The maximum atomic E-state index is 14.5. The fraction of sp³-hybridized carbons (Fsp3) is 0.376. The van der Waals surface area contributed by atoms with Crippen LogP contribution in [-0.4, -0.2) is 236 Å². The average Bonchev–Trinajstić information content (AvgIpc) is 1.71. The number of nitrogens with zero attached hydrogens (tertiary/aromatic N) is 12. The van der Waals surface area contributed by atoms with Crippen LogP contribution in [0, 0.1) is 32.4 Å². The molecule has 3 unspecified atom stereocenters. The molecule has 0 saturated heterocycles. The average molecular weight is 2130 g/mol. The number of aliphatic hydroxyl groups excluding tert-OH is 3. The van der Waals surface area contributed by atoms with E-state index in [4.69, 9.17) is 36.1 Å². The third-order valence-corrected chi connectivity index (χ3v) is 29.4. The SMILES string of the molecule is CCCCN(CCCC)C(=O)c1cc(C)n(-c2ccc(NS(=O)c3cc(Cl)ccc3F)cc2C(=O)N2Cc3ccccc3C[C@H]2CO)n1.CCCCN(CCCC)C(=O)c1cc(C)n(-c2ccc(NS(=O)c3ccc(C(=O)OC)o3)cc2C(=O)N2Cc3ccccc3C[C@H]2CO)n1.CCCCN(CCCC)C(=O)c1cc(C)n(-c2ccc(NS(=O)c3ccc(OC)c(F)c3)cc2C(=O)N2Cc3ccccc3C[C@H]2CO)n1.O.O.O. The minimum Gasteiger partial charge on any atom is -0.494 e. The molecule has 15 rings (SSSR count). The number of aryl methyl sites for hydroxylation is 3. The summed E-state index contributed by atoms with van der Waals surface area (Å²) in [6, 6.07) is 52.5. The van der Waals surface area contributed by atoms with Gasteiger partial charge >= 0.3 is 5.97 Å². The van der Waals surface area contributed by atoms with E-state index in [2.05, 4.69) is 60.4 Å². The Kier molecular flexibility index (Phi) is 43.9. The van der Waals surface area contributed by atoms with Crippen LogP contribution in [0.15, 0.2) is 213 Å². The van der Waals surface area contributed by atoms with E-state index >= 15 is 0 Å². The van der Waals surface area contributed by atoms with Gasteiger partial charge in [0.1, 0.15) is 16.8 Å². The first-order chi connectivity index (χ1) is 70.5. The minimum absolute atomic E-state index is 0. The van der Waals surface area contributed by atoms with Crippen molar-refractivity contribution >= 4 is 103 Å². The highest BCUT2D eigenvalue weighted by Gasteiger charge is 2.38. The zero-order valence-corrected chi connectivity index (χ0v) is 88.9. The predicted octanol–water partition coefficient (Wildman–Crippen LogP) is 15.6. The Morgan fingerprint density at radius 2 is 0.752 bits per heavy atom. The molecule has 3 aliphatic rings. The van der Waals surface area contributed by atoms with Crippen LogP contribution in [0.3, 0.4) is 0 Å². The number of anilines is 3. The molecule has 4 aromatic heterocycles. The molecule has 12 aromatic rings. The van der Waals surface area contributed by atoms with Gasteiger partial charge in [-0.3, -0.25) is 33.5 Å². The van der Waals surface area contributed by atoms with Crippen molar-refractivity contribution in [2.45, 2.75) is 211 Å². The molecule has 34 nitrogen and oxygen atoms in total. The number of unbranched alkanes of at least 4 members (excludes halogenated alkanes) is 6. The largest absolute Gasteiger partial charge is 0.494 e. The van der Waals surface area contributed by atoms with Gasteiger partial charge in [-0.15, -0.1) is 0 Å². The number of carbonyl (C=O) groups is 7. The molecule has 798 valence electrons. The minimum atomic E-state index is -2.04. The molecule has 0 aliphatic carbocycles. The number of aliphatic hydroxyl groups is 3. The van der Waals surface area contributed by atoms with E-state index < -0.39 is 68.7 Å². The summed E-state index contributed by atoms with van der Waals surface area (Å²) in [5.74, 6) is -3.69. The number of ether oxygens (including phenoxy) is 2. The molecule has 0 fully saturated rings. The van der Waals surface area contributed by atoms with Gasteiger partial charge in [-0.25, -0.2) is 40.2 Å². The zero-order valence-electron chi connectivity index (χ0n) is 85.7. The van der Waals surface area contributed by atoms with E-state index in [1.54, 1.807) is 102 Å². The van der Waals surface area contributed by atoms with E-state index in [0.717, 1.165) is 123 Å². The van der Waals surface area contributed by atoms with Crippen LogP contribution >= 0.6 is 11.6 Å². The van der Waals surface area contributed by atoms with Crippen LogP contribution in [0.5, 0.6) is 5.75 Å². The number of nitrogens with one attached hydrogen (secondary N) is 3. The van der Waals surface area contributed by atoms with Crippen molar-refractivity contribution in [2.75, 3.05) is 87.5 Å². The van der Waals surface area contributed by atoms with Gasteiger partial charge in [-0.05, 0) is 233 Å². The predicted molar refractivity (Wildman–Crippen MR) is 570 cm³/mol. The summed E-state index contributed by atoms with van der Waals surface area (Å²) in [5.41, 5.74) is 11.9. The lowest BCUT2D eigenvalue weighted by molar-refractivity contribution is 0.0539. The first-order valence-electron chi connectivity index (χ1n) is 49.5. The van der Waals surface area contributed by atoms with Crippen LogP contribution < -0.4 is 18.9 Å². The zero-order chi connectivity index (χ0) is 105. The Labute approximate surface area is 879 Å². The first kappa shape index (κ1) is 117. The van der Waals surface area contributed by atoms with Gasteiger partial charge in [-0.2, -0.15) is 15.3 Å².